The van der Waals surface area contributed by atoms with Crippen LogP contribution in [0.25, 0.3) is 11.0 Å². The van der Waals surface area contributed by atoms with Crippen LogP contribution < -0.4 is 10.4 Å². The van der Waals surface area contributed by atoms with Gasteiger partial charge in [0.1, 0.15) is 17.9 Å². The second-order valence-corrected chi connectivity index (χ2v) is 6.36. The molecule has 0 spiro atoms. The third-order valence-electron chi connectivity index (χ3n) is 3.81. The SMILES string of the molecule is Cc1ccc2c(COC(=O)c3ccc(OC(C)C)cc3)cc(=O)oc2c1. The van der Waals surface area contributed by atoms with Crippen LogP contribution >= 0.6 is 0 Å². The fourth-order valence-corrected chi connectivity index (χ4v) is 2.62. The van der Waals surface area contributed by atoms with Crippen molar-refractivity contribution in [2.45, 2.75) is 33.5 Å². The van der Waals surface area contributed by atoms with Crippen molar-refractivity contribution in [1.82, 2.24) is 0 Å². The van der Waals surface area contributed by atoms with Crippen LogP contribution in [-0.4, -0.2) is 12.1 Å². The van der Waals surface area contributed by atoms with Crippen LogP contribution in [0.4, 0.5) is 0 Å². The average molecular weight is 352 g/mol. The van der Waals surface area contributed by atoms with Crippen LogP contribution in [0.15, 0.2) is 57.7 Å². The van der Waals surface area contributed by atoms with Gasteiger partial charge in [-0.1, -0.05) is 12.1 Å². The smallest absolute Gasteiger partial charge is 0.338 e. The first-order valence-electron chi connectivity index (χ1n) is 8.39. The molecule has 0 aliphatic rings. The maximum atomic E-state index is 12.3. The monoisotopic (exact) mass is 352 g/mol. The van der Waals surface area contributed by atoms with Crippen molar-refractivity contribution in [3.8, 4) is 5.75 Å². The molecule has 0 fully saturated rings. The van der Waals surface area contributed by atoms with Gasteiger partial charge in [0.2, 0.25) is 0 Å². The second-order valence-electron chi connectivity index (χ2n) is 6.36. The molecule has 0 N–H and O–H groups in total. The van der Waals surface area contributed by atoms with Crippen LogP contribution in [-0.2, 0) is 11.3 Å². The molecule has 2 aromatic carbocycles. The van der Waals surface area contributed by atoms with Crippen LogP contribution in [0.1, 0.15) is 35.3 Å². The highest BCUT2D eigenvalue weighted by atomic mass is 16.5. The van der Waals surface area contributed by atoms with E-state index in [-0.39, 0.29) is 12.7 Å². The zero-order chi connectivity index (χ0) is 18.7. The second kappa shape index (κ2) is 7.44. The third-order valence-corrected chi connectivity index (χ3v) is 3.81. The van der Waals surface area contributed by atoms with Crippen molar-refractivity contribution < 1.29 is 18.7 Å². The molecule has 0 saturated heterocycles. The number of ether oxygens (including phenoxy) is 2. The Labute approximate surface area is 151 Å². The summed E-state index contributed by atoms with van der Waals surface area (Å²) in [5.74, 6) is 0.230. The zero-order valence-corrected chi connectivity index (χ0v) is 14.9. The highest BCUT2D eigenvalue weighted by molar-refractivity contribution is 5.89. The van der Waals surface area contributed by atoms with Gasteiger partial charge in [-0.15, -0.1) is 0 Å². The van der Waals surface area contributed by atoms with E-state index in [0.29, 0.717) is 22.5 Å². The van der Waals surface area contributed by atoms with Gasteiger partial charge >= 0.3 is 11.6 Å². The van der Waals surface area contributed by atoms with Crippen molar-refractivity contribution in [2.24, 2.45) is 0 Å². The third kappa shape index (κ3) is 4.11. The fourth-order valence-electron chi connectivity index (χ4n) is 2.62. The first-order chi connectivity index (χ1) is 12.4. The predicted octanol–water partition coefficient (Wildman–Crippen LogP) is 4.25. The quantitative estimate of drug-likeness (QED) is 0.507. The summed E-state index contributed by atoms with van der Waals surface area (Å²) in [5.41, 5.74) is 2.04. The maximum Gasteiger partial charge on any atom is 0.338 e. The average Bonchev–Trinajstić information content (AvgIpc) is 2.59. The van der Waals surface area contributed by atoms with Gasteiger partial charge in [0.25, 0.3) is 0 Å². The molecule has 0 atom stereocenters. The summed E-state index contributed by atoms with van der Waals surface area (Å²) in [6.07, 6.45) is 0.0644. The molecule has 26 heavy (non-hydrogen) atoms. The molecule has 5 heteroatoms. The summed E-state index contributed by atoms with van der Waals surface area (Å²) in [6.45, 7) is 5.78. The van der Waals surface area contributed by atoms with Crippen LogP contribution in [0.2, 0.25) is 0 Å². The van der Waals surface area contributed by atoms with E-state index >= 15 is 0 Å². The number of benzene rings is 2. The highest BCUT2D eigenvalue weighted by Gasteiger charge is 2.11. The molecule has 0 aliphatic heterocycles. The van der Waals surface area contributed by atoms with Gasteiger partial charge in [-0.3, -0.25) is 0 Å². The van der Waals surface area contributed by atoms with E-state index in [2.05, 4.69) is 0 Å². The minimum absolute atomic E-state index is 0.00571. The number of carbonyl (C=O) groups is 1. The summed E-state index contributed by atoms with van der Waals surface area (Å²) in [5, 5.41) is 0.753. The summed E-state index contributed by atoms with van der Waals surface area (Å²) in [4.78, 5) is 24.0. The Bertz CT molecular complexity index is 983. The molecule has 3 rings (SSSR count). The highest BCUT2D eigenvalue weighted by Crippen LogP contribution is 2.20. The molecule has 0 bridgehead atoms. The van der Waals surface area contributed by atoms with E-state index in [9.17, 15) is 9.59 Å². The first-order valence-corrected chi connectivity index (χ1v) is 8.39. The lowest BCUT2D eigenvalue weighted by Crippen LogP contribution is -2.09. The van der Waals surface area contributed by atoms with Crippen molar-refractivity contribution in [3.05, 3.63) is 75.6 Å². The fraction of sp³-hybridized carbons (Fsp3) is 0.238. The van der Waals surface area contributed by atoms with Crippen molar-refractivity contribution in [1.29, 1.82) is 0 Å². The van der Waals surface area contributed by atoms with Crippen LogP contribution in [0.5, 0.6) is 5.75 Å². The van der Waals surface area contributed by atoms with Crippen LogP contribution in [0.3, 0.4) is 0 Å². The Kier molecular flexibility index (Phi) is 5.07. The summed E-state index contributed by atoms with van der Waals surface area (Å²) >= 11 is 0. The molecular weight excluding hydrogens is 332 g/mol. The lowest BCUT2D eigenvalue weighted by molar-refractivity contribution is 0.0474. The number of carbonyl (C=O) groups excluding carboxylic acids is 1. The van der Waals surface area contributed by atoms with Crippen molar-refractivity contribution >= 4 is 16.9 Å². The molecule has 0 radical (unpaired) electrons. The minimum Gasteiger partial charge on any atom is -0.491 e. The molecule has 0 unspecified atom stereocenters. The van der Waals surface area contributed by atoms with Gasteiger partial charge in [-0.25, -0.2) is 9.59 Å². The van der Waals surface area contributed by atoms with Gasteiger partial charge in [0.05, 0.1) is 11.7 Å². The van der Waals surface area contributed by atoms with Gasteiger partial charge in [-0.05, 0) is 56.7 Å². The molecule has 0 amide bonds. The topological polar surface area (TPSA) is 65.7 Å². The standard InChI is InChI=1S/C21H20O5/c1-13(2)25-17-7-5-15(6-8-17)21(23)24-12-16-11-20(22)26-19-10-14(3)4-9-18(16)19/h4-11,13H,12H2,1-3H3. The number of hydrogen-bond donors (Lipinski definition) is 0. The number of fused-ring (bicyclic) bond motifs is 1. The van der Waals surface area contributed by atoms with Gasteiger partial charge in [-0.2, -0.15) is 0 Å². The largest absolute Gasteiger partial charge is 0.491 e. The van der Waals surface area contributed by atoms with E-state index in [1.807, 2.05) is 32.9 Å². The molecule has 0 saturated carbocycles. The lowest BCUT2D eigenvalue weighted by atomic mass is 10.1. The number of aryl methyl sites for hydroxylation is 1. The molecule has 1 heterocycles. The molecule has 134 valence electrons. The van der Waals surface area contributed by atoms with Crippen molar-refractivity contribution in [2.75, 3.05) is 0 Å². The normalized spacial score (nSPS) is 10.9. The molecule has 3 aromatic rings. The number of hydrogen-bond acceptors (Lipinski definition) is 5. The predicted molar refractivity (Wildman–Crippen MR) is 98.5 cm³/mol. The molecular formula is C21H20O5. The van der Waals surface area contributed by atoms with Gasteiger partial charge < -0.3 is 13.9 Å². The number of rotatable bonds is 5. The first kappa shape index (κ1) is 17.7. The Balaban J connectivity index is 1.75. The minimum atomic E-state index is -0.468. The van der Waals surface area contributed by atoms with E-state index in [0.717, 1.165) is 10.9 Å². The Hall–Kier alpha value is -3.08. The summed E-state index contributed by atoms with van der Waals surface area (Å²) < 4.78 is 16.1. The van der Waals surface area contributed by atoms with Gasteiger partial charge in [0.15, 0.2) is 0 Å². The van der Waals surface area contributed by atoms with E-state index in [1.54, 1.807) is 30.3 Å². The van der Waals surface area contributed by atoms with Gasteiger partial charge in [0, 0.05) is 17.0 Å². The Morgan fingerprint density at radius 2 is 1.81 bits per heavy atom. The summed E-state index contributed by atoms with van der Waals surface area (Å²) in [6, 6.07) is 13.7. The van der Waals surface area contributed by atoms with E-state index in [1.165, 1.54) is 6.07 Å². The zero-order valence-electron chi connectivity index (χ0n) is 14.9. The molecule has 0 aliphatic carbocycles. The lowest BCUT2D eigenvalue weighted by Gasteiger charge is -2.10. The molecule has 5 nitrogen and oxygen atoms in total. The number of esters is 1. The Morgan fingerprint density at radius 3 is 2.50 bits per heavy atom. The Morgan fingerprint density at radius 1 is 1.08 bits per heavy atom. The van der Waals surface area contributed by atoms with Crippen molar-refractivity contribution in [3.63, 3.8) is 0 Å². The van der Waals surface area contributed by atoms with E-state index < -0.39 is 11.6 Å². The van der Waals surface area contributed by atoms with E-state index in [4.69, 9.17) is 13.9 Å². The van der Waals surface area contributed by atoms with Crippen LogP contribution in [0, 0.1) is 6.92 Å². The molecule has 1 aromatic heterocycles. The maximum absolute atomic E-state index is 12.3. The summed E-state index contributed by atoms with van der Waals surface area (Å²) in [7, 11) is 0.